The van der Waals surface area contributed by atoms with E-state index in [0.717, 1.165) is 42.5 Å². The molecule has 0 saturated carbocycles. The van der Waals surface area contributed by atoms with Crippen molar-refractivity contribution in [2.45, 2.75) is 32.2 Å². The molecule has 1 amide bonds. The summed E-state index contributed by atoms with van der Waals surface area (Å²) in [6.07, 6.45) is 5.88. The molecule has 130 valence electrons. The van der Waals surface area contributed by atoms with Crippen molar-refractivity contribution in [3.05, 3.63) is 50.9 Å². The maximum absolute atomic E-state index is 12.7. The molecule has 1 aliphatic rings. The highest BCUT2D eigenvalue weighted by Crippen LogP contribution is 2.27. The Morgan fingerprint density at radius 2 is 2.28 bits per heavy atom. The van der Waals surface area contributed by atoms with Gasteiger partial charge >= 0.3 is 0 Å². The summed E-state index contributed by atoms with van der Waals surface area (Å²) in [4.78, 5) is 27.9. The highest BCUT2D eigenvalue weighted by molar-refractivity contribution is 7.09. The molecule has 0 aliphatic carbocycles. The summed E-state index contributed by atoms with van der Waals surface area (Å²) in [5, 5.41) is 4.84. The molecule has 0 spiro atoms. The summed E-state index contributed by atoms with van der Waals surface area (Å²) < 4.78 is 2.15. The second-order valence-corrected chi connectivity index (χ2v) is 8.02. The number of thiazole rings is 2. The number of aromatic nitrogens is 4. The van der Waals surface area contributed by atoms with Gasteiger partial charge in [-0.15, -0.1) is 22.7 Å². The van der Waals surface area contributed by atoms with E-state index >= 15 is 0 Å². The Morgan fingerprint density at radius 1 is 1.36 bits per heavy atom. The van der Waals surface area contributed by atoms with E-state index in [4.69, 9.17) is 0 Å². The minimum atomic E-state index is 0.0339. The molecule has 1 saturated heterocycles. The predicted octanol–water partition coefficient (Wildman–Crippen LogP) is 3.17. The third kappa shape index (κ3) is 3.50. The standard InChI is InChI=1S/C17H19N5OS2/c1-12-20-15(10-25-12)17(23)22-5-2-3-13(7-22)16-18-4-6-21(16)8-14-9-24-11-19-14/h4,6,9-11,13H,2-3,5,7-8H2,1H3. The van der Waals surface area contributed by atoms with Crippen LogP contribution in [0.5, 0.6) is 0 Å². The first-order chi connectivity index (χ1) is 12.2. The Kier molecular flexibility index (Phi) is 4.63. The van der Waals surface area contributed by atoms with Gasteiger partial charge in [-0.25, -0.2) is 15.0 Å². The van der Waals surface area contributed by atoms with Crippen LogP contribution >= 0.6 is 22.7 Å². The van der Waals surface area contributed by atoms with E-state index in [2.05, 4.69) is 24.9 Å². The first-order valence-corrected chi connectivity index (χ1v) is 10.1. The van der Waals surface area contributed by atoms with Crippen molar-refractivity contribution in [3.63, 3.8) is 0 Å². The molecule has 0 radical (unpaired) electrons. The molecule has 1 atom stereocenters. The SMILES string of the molecule is Cc1nc(C(=O)N2CCCC(c3nccn3Cc3cscn3)C2)cs1. The summed E-state index contributed by atoms with van der Waals surface area (Å²) in [6, 6.07) is 0. The molecule has 3 aromatic rings. The maximum atomic E-state index is 12.7. The van der Waals surface area contributed by atoms with Gasteiger partial charge in [0.1, 0.15) is 11.5 Å². The molecule has 1 fully saturated rings. The van der Waals surface area contributed by atoms with Crippen molar-refractivity contribution in [3.8, 4) is 0 Å². The van der Waals surface area contributed by atoms with Crippen molar-refractivity contribution >= 4 is 28.6 Å². The van der Waals surface area contributed by atoms with Crippen LogP contribution in [0, 0.1) is 6.92 Å². The van der Waals surface area contributed by atoms with Gasteiger partial charge in [-0.3, -0.25) is 4.79 Å². The Balaban J connectivity index is 1.50. The van der Waals surface area contributed by atoms with Crippen LogP contribution < -0.4 is 0 Å². The molecule has 0 aromatic carbocycles. The Hall–Kier alpha value is -2.06. The first-order valence-electron chi connectivity index (χ1n) is 8.30. The summed E-state index contributed by atoms with van der Waals surface area (Å²) in [5.41, 5.74) is 3.46. The summed E-state index contributed by atoms with van der Waals surface area (Å²) >= 11 is 3.12. The molecule has 1 unspecified atom stereocenters. The van der Waals surface area contributed by atoms with Crippen molar-refractivity contribution in [1.82, 2.24) is 24.4 Å². The van der Waals surface area contributed by atoms with Crippen molar-refractivity contribution in [2.24, 2.45) is 0 Å². The summed E-state index contributed by atoms with van der Waals surface area (Å²) in [7, 11) is 0. The smallest absolute Gasteiger partial charge is 0.273 e. The number of hydrogen-bond acceptors (Lipinski definition) is 6. The number of nitrogens with zero attached hydrogens (tertiary/aromatic N) is 5. The molecule has 4 heterocycles. The number of aryl methyl sites for hydroxylation is 1. The van der Waals surface area contributed by atoms with Gasteiger partial charge in [0.25, 0.3) is 5.91 Å². The zero-order valence-electron chi connectivity index (χ0n) is 14.0. The molecule has 4 rings (SSSR count). The number of hydrogen-bond donors (Lipinski definition) is 0. The van der Waals surface area contributed by atoms with Crippen LogP contribution in [0.15, 0.2) is 28.7 Å². The number of amides is 1. The zero-order valence-corrected chi connectivity index (χ0v) is 15.6. The third-order valence-electron chi connectivity index (χ3n) is 4.48. The Bertz CT molecular complexity index is 854. The van der Waals surface area contributed by atoms with Gasteiger partial charge in [0.2, 0.25) is 0 Å². The predicted molar refractivity (Wildman–Crippen MR) is 98.2 cm³/mol. The summed E-state index contributed by atoms with van der Waals surface area (Å²) in [5.74, 6) is 1.33. The molecule has 8 heteroatoms. The van der Waals surface area contributed by atoms with Crippen molar-refractivity contribution in [2.75, 3.05) is 13.1 Å². The number of piperidine rings is 1. The summed E-state index contributed by atoms with van der Waals surface area (Å²) in [6.45, 7) is 4.15. The minimum absolute atomic E-state index is 0.0339. The number of carbonyl (C=O) groups excluding carboxylic acids is 1. The number of rotatable bonds is 4. The van der Waals surface area contributed by atoms with Gasteiger partial charge in [-0.05, 0) is 19.8 Å². The lowest BCUT2D eigenvalue weighted by Gasteiger charge is -2.32. The fourth-order valence-electron chi connectivity index (χ4n) is 3.30. The van der Waals surface area contributed by atoms with Gasteiger partial charge < -0.3 is 9.47 Å². The van der Waals surface area contributed by atoms with Crippen LogP contribution in [0.25, 0.3) is 0 Å². The van der Waals surface area contributed by atoms with E-state index in [1.54, 1.807) is 11.3 Å². The zero-order chi connectivity index (χ0) is 17.2. The van der Waals surface area contributed by atoms with E-state index in [9.17, 15) is 4.79 Å². The van der Waals surface area contributed by atoms with Crippen molar-refractivity contribution < 1.29 is 4.79 Å². The van der Waals surface area contributed by atoms with Gasteiger partial charge in [-0.2, -0.15) is 0 Å². The molecule has 25 heavy (non-hydrogen) atoms. The third-order valence-corrected chi connectivity index (χ3v) is 5.88. The lowest BCUT2D eigenvalue weighted by Crippen LogP contribution is -2.40. The van der Waals surface area contributed by atoms with Crippen LogP contribution in [-0.2, 0) is 6.54 Å². The monoisotopic (exact) mass is 373 g/mol. The van der Waals surface area contributed by atoms with Crippen LogP contribution in [0.1, 0.15) is 45.8 Å². The Labute approximate surface area is 154 Å². The molecule has 0 bridgehead atoms. The molecular formula is C17H19N5OS2. The minimum Gasteiger partial charge on any atom is -0.337 e. The van der Waals surface area contributed by atoms with Crippen LogP contribution in [0.2, 0.25) is 0 Å². The quantitative estimate of drug-likeness (QED) is 0.705. The molecule has 3 aromatic heterocycles. The second-order valence-electron chi connectivity index (χ2n) is 6.24. The Morgan fingerprint density at radius 3 is 3.04 bits per heavy atom. The van der Waals surface area contributed by atoms with Crippen molar-refractivity contribution in [1.29, 1.82) is 0 Å². The average Bonchev–Trinajstić information content (AvgIpc) is 3.37. The molecule has 6 nitrogen and oxygen atoms in total. The maximum Gasteiger partial charge on any atom is 0.273 e. The van der Waals surface area contributed by atoms with Crippen LogP contribution in [-0.4, -0.2) is 43.4 Å². The number of likely N-dealkylation sites (tertiary alicyclic amines) is 1. The van der Waals surface area contributed by atoms with Gasteiger partial charge in [-0.1, -0.05) is 0 Å². The lowest BCUT2D eigenvalue weighted by molar-refractivity contribution is 0.0698. The average molecular weight is 374 g/mol. The normalized spacial score (nSPS) is 17.8. The fraction of sp³-hybridized carbons (Fsp3) is 0.412. The first kappa shape index (κ1) is 16.4. The second kappa shape index (κ2) is 7.05. The van der Waals surface area contributed by atoms with E-state index in [0.29, 0.717) is 12.2 Å². The van der Waals surface area contributed by atoms with Gasteiger partial charge in [0, 0.05) is 42.2 Å². The molecule has 0 N–H and O–H groups in total. The van der Waals surface area contributed by atoms with Gasteiger partial charge in [0.05, 0.1) is 22.8 Å². The molecular weight excluding hydrogens is 354 g/mol. The fourth-order valence-corrected chi connectivity index (χ4v) is 4.44. The molecule has 1 aliphatic heterocycles. The topological polar surface area (TPSA) is 63.9 Å². The number of carbonyl (C=O) groups is 1. The van der Waals surface area contributed by atoms with Crippen LogP contribution in [0.3, 0.4) is 0 Å². The lowest BCUT2D eigenvalue weighted by atomic mass is 9.97. The largest absolute Gasteiger partial charge is 0.337 e. The number of imidazole rings is 1. The van der Waals surface area contributed by atoms with Crippen LogP contribution in [0.4, 0.5) is 0 Å². The van der Waals surface area contributed by atoms with E-state index < -0.39 is 0 Å². The van der Waals surface area contributed by atoms with Gasteiger partial charge in [0.15, 0.2) is 0 Å². The highest BCUT2D eigenvalue weighted by Gasteiger charge is 2.29. The van der Waals surface area contributed by atoms with E-state index in [1.807, 2.05) is 35.1 Å². The van der Waals surface area contributed by atoms with E-state index in [1.165, 1.54) is 11.3 Å². The highest BCUT2D eigenvalue weighted by atomic mass is 32.1. The van der Waals surface area contributed by atoms with E-state index in [-0.39, 0.29) is 11.8 Å².